The van der Waals surface area contributed by atoms with E-state index in [2.05, 4.69) is 178 Å². The SMILES string of the molecule is CC1(C)c2ccccc2-c2ccc(-c3ccc4cc(-c5cc(-c6cccc7c6C=CCC=C7c6ccccc6)nc(-c6ccccc6)n5)ccc4c3)cc21. The van der Waals surface area contributed by atoms with Crippen molar-refractivity contribution >= 4 is 22.4 Å². The molecule has 0 fully saturated rings. The third-order valence-electron chi connectivity index (χ3n) is 11.3. The second kappa shape index (κ2) is 12.8. The first-order valence-corrected chi connectivity index (χ1v) is 18.8. The van der Waals surface area contributed by atoms with Gasteiger partial charge in [0.2, 0.25) is 0 Å². The zero-order chi connectivity index (χ0) is 36.2. The van der Waals surface area contributed by atoms with E-state index in [0.29, 0.717) is 5.82 Å². The fourth-order valence-corrected chi connectivity index (χ4v) is 8.49. The maximum atomic E-state index is 5.23. The van der Waals surface area contributed by atoms with Gasteiger partial charge in [-0.05, 0) is 97.1 Å². The molecule has 2 nitrogen and oxygen atoms in total. The summed E-state index contributed by atoms with van der Waals surface area (Å²) in [6.45, 7) is 4.68. The summed E-state index contributed by atoms with van der Waals surface area (Å²) < 4.78 is 0. The van der Waals surface area contributed by atoms with E-state index in [1.54, 1.807) is 0 Å². The predicted octanol–water partition coefficient (Wildman–Crippen LogP) is 13.5. The Morgan fingerprint density at radius 3 is 1.87 bits per heavy atom. The van der Waals surface area contributed by atoms with Crippen LogP contribution in [0, 0.1) is 0 Å². The van der Waals surface area contributed by atoms with E-state index in [4.69, 9.17) is 9.97 Å². The van der Waals surface area contributed by atoms with Crippen molar-refractivity contribution in [2.45, 2.75) is 25.7 Å². The van der Waals surface area contributed by atoms with Crippen molar-refractivity contribution in [1.82, 2.24) is 9.97 Å². The molecule has 1 aromatic heterocycles. The van der Waals surface area contributed by atoms with Crippen molar-refractivity contribution in [2.24, 2.45) is 0 Å². The van der Waals surface area contributed by atoms with Crippen LogP contribution in [0.25, 0.3) is 78.6 Å². The fraction of sp³-hybridized carbons (Fsp3) is 0.0769. The number of hydrogen-bond donors (Lipinski definition) is 0. The van der Waals surface area contributed by atoms with E-state index < -0.39 is 0 Å². The molecule has 0 radical (unpaired) electrons. The van der Waals surface area contributed by atoms with Gasteiger partial charge in [0.1, 0.15) is 0 Å². The summed E-state index contributed by atoms with van der Waals surface area (Å²) in [5, 5.41) is 2.39. The Bertz CT molecular complexity index is 2810. The van der Waals surface area contributed by atoms with Gasteiger partial charge in [0.25, 0.3) is 0 Å². The molecule has 256 valence electrons. The van der Waals surface area contributed by atoms with Crippen LogP contribution in [-0.4, -0.2) is 9.97 Å². The zero-order valence-electron chi connectivity index (χ0n) is 30.4. The van der Waals surface area contributed by atoms with Crippen molar-refractivity contribution in [3.63, 3.8) is 0 Å². The summed E-state index contributed by atoms with van der Waals surface area (Å²) in [6.07, 6.45) is 7.71. The van der Waals surface area contributed by atoms with Gasteiger partial charge in [-0.15, -0.1) is 0 Å². The van der Waals surface area contributed by atoms with Crippen molar-refractivity contribution in [3.8, 4) is 56.2 Å². The Balaban J connectivity index is 1.06. The average Bonchev–Trinajstić information content (AvgIpc) is 3.33. The summed E-state index contributed by atoms with van der Waals surface area (Å²) in [6, 6.07) is 59.1. The summed E-state index contributed by atoms with van der Waals surface area (Å²) >= 11 is 0. The van der Waals surface area contributed by atoms with Gasteiger partial charge in [0.05, 0.1) is 11.4 Å². The van der Waals surface area contributed by atoms with Crippen LogP contribution in [0.4, 0.5) is 0 Å². The second-order valence-corrected chi connectivity index (χ2v) is 14.9. The Kier molecular flexibility index (Phi) is 7.59. The summed E-state index contributed by atoms with van der Waals surface area (Å²) in [4.78, 5) is 10.4. The minimum atomic E-state index is -0.0296. The highest BCUT2D eigenvalue weighted by atomic mass is 14.9. The van der Waals surface area contributed by atoms with Crippen molar-refractivity contribution in [2.75, 3.05) is 0 Å². The highest BCUT2D eigenvalue weighted by Gasteiger charge is 2.35. The van der Waals surface area contributed by atoms with Crippen molar-refractivity contribution < 1.29 is 0 Å². The molecule has 0 spiro atoms. The minimum Gasteiger partial charge on any atom is -0.228 e. The molecule has 0 saturated carbocycles. The molecule has 0 amide bonds. The highest BCUT2D eigenvalue weighted by molar-refractivity contribution is 5.93. The van der Waals surface area contributed by atoms with Gasteiger partial charge < -0.3 is 0 Å². The number of hydrogen-bond acceptors (Lipinski definition) is 2. The van der Waals surface area contributed by atoms with Gasteiger partial charge in [-0.3, -0.25) is 0 Å². The largest absolute Gasteiger partial charge is 0.228 e. The molecule has 0 bridgehead atoms. The molecule has 0 aliphatic heterocycles. The predicted molar refractivity (Wildman–Crippen MR) is 226 cm³/mol. The van der Waals surface area contributed by atoms with E-state index in [-0.39, 0.29) is 5.41 Å². The first-order valence-electron chi connectivity index (χ1n) is 18.8. The van der Waals surface area contributed by atoms with Crippen LogP contribution in [0.5, 0.6) is 0 Å². The summed E-state index contributed by atoms with van der Waals surface area (Å²) in [5.41, 5.74) is 17.8. The Morgan fingerprint density at radius 2 is 1.06 bits per heavy atom. The normalized spacial score (nSPS) is 13.9. The van der Waals surface area contributed by atoms with E-state index in [1.807, 2.05) is 18.2 Å². The molecule has 7 aromatic carbocycles. The van der Waals surface area contributed by atoms with Gasteiger partial charge in [-0.2, -0.15) is 0 Å². The third-order valence-corrected chi connectivity index (χ3v) is 11.3. The van der Waals surface area contributed by atoms with Crippen LogP contribution < -0.4 is 0 Å². The molecule has 2 aliphatic carbocycles. The van der Waals surface area contributed by atoms with E-state index in [0.717, 1.165) is 34.5 Å². The minimum absolute atomic E-state index is 0.0296. The van der Waals surface area contributed by atoms with Gasteiger partial charge in [0.15, 0.2) is 5.82 Å². The Morgan fingerprint density at radius 1 is 0.444 bits per heavy atom. The average molecular weight is 691 g/mol. The standard InChI is InChI=1S/C52H38N2/c1-52(2)47-23-12-11-20-44(47)45-29-28-39(32-48(45)52)37-24-25-38-31-40(27-26-36(38)30-37)49-33-50(54-51(53-49)35-16-7-4-8-17-35)46-22-13-21-42-41(18-9-10-19-43(42)46)34-14-5-3-6-15-34/h3-8,10-33H,9H2,1-2H3. The van der Waals surface area contributed by atoms with Crippen LogP contribution in [-0.2, 0) is 5.41 Å². The molecule has 0 atom stereocenters. The number of aromatic nitrogens is 2. The molecule has 0 N–H and O–H groups in total. The van der Waals surface area contributed by atoms with Crippen LogP contribution in [0.3, 0.4) is 0 Å². The lowest BCUT2D eigenvalue weighted by Crippen LogP contribution is -2.14. The topological polar surface area (TPSA) is 25.8 Å². The lowest BCUT2D eigenvalue weighted by atomic mass is 9.81. The Hall–Kier alpha value is -6.64. The van der Waals surface area contributed by atoms with Crippen LogP contribution in [0.2, 0.25) is 0 Å². The monoisotopic (exact) mass is 690 g/mol. The molecule has 1 heterocycles. The Labute approximate surface area is 316 Å². The summed E-state index contributed by atoms with van der Waals surface area (Å²) in [5.74, 6) is 0.717. The van der Waals surface area contributed by atoms with Gasteiger partial charge in [0, 0.05) is 22.1 Å². The van der Waals surface area contributed by atoms with Gasteiger partial charge >= 0.3 is 0 Å². The van der Waals surface area contributed by atoms with E-state index in [1.165, 1.54) is 66.4 Å². The van der Waals surface area contributed by atoms with Gasteiger partial charge in [-0.1, -0.05) is 172 Å². The fourth-order valence-electron chi connectivity index (χ4n) is 8.49. The van der Waals surface area contributed by atoms with Gasteiger partial charge in [-0.25, -0.2) is 9.97 Å². The molecular formula is C52H38N2. The third kappa shape index (κ3) is 5.42. The molecule has 0 unspecified atom stereocenters. The number of allylic oxidation sites excluding steroid dienone is 2. The highest BCUT2D eigenvalue weighted by Crippen LogP contribution is 2.49. The quantitative estimate of drug-likeness (QED) is 0.180. The van der Waals surface area contributed by atoms with Crippen LogP contribution in [0.1, 0.15) is 48.1 Å². The van der Waals surface area contributed by atoms with Crippen LogP contribution >= 0.6 is 0 Å². The number of fused-ring (bicyclic) bond motifs is 5. The van der Waals surface area contributed by atoms with E-state index in [9.17, 15) is 0 Å². The molecule has 8 aromatic rings. The molecule has 0 saturated heterocycles. The van der Waals surface area contributed by atoms with E-state index >= 15 is 0 Å². The number of rotatable bonds is 5. The maximum absolute atomic E-state index is 5.23. The second-order valence-electron chi connectivity index (χ2n) is 14.9. The van der Waals surface area contributed by atoms with Crippen molar-refractivity contribution in [1.29, 1.82) is 0 Å². The first-order chi connectivity index (χ1) is 26.5. The van der Waals surface area contributed by atoms with Crippen molar-refractivity contribution in [3.05, 3.63) is 204 Å². The van der Waals surface area contributed by atoms with Crippen LogP contribution in [0.15, 0.2) is 176 Å². The molecular weight excluding hydrogens is 653 g/mol. The molecule has 2 heteroatoms. The lowest BCUT2D eigenvalue weighted by molar-refractivity contribution is 0.660. The first kappa shape index (κ1) is 32.0. The smallest absolute Gasteiger partial charge is 0.160 e. The molecule has 2 aliphatic rings. The zero-order valence-corrected chi connectivity index (χ0v) is 30.4. The number of nitrogens with zero attached hydrogens (tertiary/aromatic N) is 2. The molecule has 54 heavy (non-hydrogen) atoms. The lowest BCUT2D eigenvalue weighted by Gasteiger charge is -2.22. The maximum Gasteiger partial charge on any atom is 0.160 e. The summed E-state index contributed by atoms with van der Waals surface area (Å²) in [7, 11) is 0. The molecule has 10 rings (SSSR count). The number of benzene rings is 7.